The predicted molar refractivity (Wildman–Crippen MR) is 162 cm³/mol. The fourth-order valence-electron chi connectivity index (χ4n) is 6.96. The van der Waals surface area contributed by atoms with Crippen LogP contribution in [0.25, 0.3) is 22.2 Å². The van der Waals surface area contributed by atoms with E-state index in [1.165, 1.54) is 0 Å². The van der Waals surface area contributed by atoms with Gasteiger partial charge in [0.25, 0.3) is 5.92 Å². The van der Waals surface area contributed by atoms with Crippen molar-refractivity contribution in [2.24, 2.45) is 0 Å². The molecule has 52 heavy (non-hydrogen) atoms. The van der Waals surface area contributed by atoms with Gasteiger partial charge in [-0.05, 0) is 44.4 Å². The second kappa shape index (κ2) is 13.8. The molecule has 3 saturated heterocycles. The van der Waals surface area contributed by atoms with Crippen molar-refractivity contribution in [1.29, 1.82) is 0 Å². The van der Waals surface area contributed by atoms with E-state index in [0.717, 1.165) is 31.4 Å². The fourth-order valence-corrected chi connectivity index (χ4v) is 6.96. The monoisotopic (exact) mass is 760 g/mol. The number of fused-ring (bicyclic) bond motifs is 2. The quantitative estimate of drug-likeness (QED) is 0.262. The number of nitrogen functional groups attached to an aromatic ring is 1. The van der Waals surface area contributed by atoms with Crippen molar-refractivity contribution < 1.29 is 67.7 Å². The maximum Gasteiger partial charge on any atom is 0.490 e. The Hall–Kier alpha value is -4.43. The molecule has 2 aromatic heterocycles. The number of hydrogen-bond acceptors (Lipinski definition) is 9. The van der Waals surface area contributed by atoms with Gasteiger partial charge >= 0.3 is 24.3 Å². The lowest BCUT2D eigenvalue weighted by molar-refractivity contribution is -0.192. The van der Waals surface area contributed by atoms with Crippen molar-refractivity contribution in [2.75, 3.05) is 50.5 Å². The smallest absolute Gasteiger partial charge is 0.490 e. The molecule has 3 aromatic rings. The first-order valence-electron chi connectivity index (χ1n) is 15.6. The zero-order valence-corrected chi connectivity index (χ0v) is 27.4. The minimum absolute atomic E-state index is 0.0114. The van der Waals surface area contributed by atoms with Crippen LogP contribution in [0.15, 0.2) is 6.07 Å². The second-order valence-corrected chi connectivity index (χ2v) is 12.7. The Balaban J connectivity index is 0.000000679. The van der Waals surface area contributed by atoms with Gasteiger partial charge in [-0.1, -0.05) is 0 Å². The molecule has 6 rings (SSSR count). The van der Waals surface area contributed by atoms with Crippen LogP contribution >= 0.6 is 0 Å². The molecule has 3 aliphatic heterocycles. The van der Waals surface area contributed by atoms with Gasteiger partial charge in [0.2, 0.25) is 0 Å². The highest BCUT2D eigenvalue weighted by Gasteiger charge is 2.50. The number of anilines is 2. The van der Waals surface area contributed by atoms with Crippen LogP contribution in [0.4, 0.5) is 59.9 Å². The summed E-state index contributed by atoms with van der Waals surface area (Å²) in [6.07, 6.45) is -10.1. The number of carboxylic acids is 1. The standard InChI is InChI=1S/C29H30F8N6O2.C2HF3O2/c1-14-9-16(38)39-22(19(14)29(35,36)37)17-20(31)23-18(24(44-2)21(17)32)25(42-7-4-6-28(33,34)12-42)41-26(40-23)45-13-27-5-3-8-43(27)11-15(30)10-27;3-2(4,5)1(6)7/h9,15H,3-8,10-13H2,1-2H3,(H2,38,39);(H,6,7)/t15-,27+;/m1./s1. The zero-order chi connectivity index (χ0) is 38.6. The number of aliphatic carboxylic acids is 1. The third kappa shape index (κ3) is 7.54. The molecule has 0 amide bonds. The van der Waals surface area contributed by atoms with E-state index in [9.17, 15) is 39.5 Å². The van der Waals surface area contributed by atoms with Gasteiger partial charge in [0.15, 0.2) is 17.4 Å². The molecule has 0 radical (unpaired) electrons. The Kier molecular flexibility index (Phi) is 10.3. The van der Waals surface area contributed by atoms with E-state index in [2.05, 4.69) is 15.0 Å². The lowest BCUT2D eigenvalue weighted by Crippen LogP contribution is -2.44. The van der Waals surface area contributed by atoms with Crippen LogP contribution < -0.4 is 20.1 Å². The number of hydrogen-bond donors (Lipinski definition) is 2. The number of carbonyl (C=O) groups is 1. The highest BCUT2D eigenvalue weighted by Crippen LogP contribution is 2.47. The molecular weight excluding hydrogens is 729 g/mol. The van der Waals surface area contributed by atoms with Crippen LogP contribution in [-0.2, 0) is 11.0 Å². The Morgan fingerprint density at radius 3 is 2.31 bits per heavy atom. The molecule has 0 spiro atoms. The van der Waals surface area contributed by atoms with E-state index in [0.29, 0.717) is 13.0 Å². The van der Waals surface area contributed by atoms with Gasteiger partial charge in [0.05, 0.1) is 41.4 Å². The largest absolute Gasteiger partial charge is 0.493 e. The second-order valence-electron chi connectivity index (χ2n) is 12.7. The maximum absolute atomic E-state index is 16.5. The van der Waals surface area contributed by atoms with Gasteiger partial charge in [-0.3, -0.25) is 4.90 Å². The predicted octanol–water partition coefficient (Wildman–Crippen LogP) is 6.71. The molecule has 3 aliphatic rings. The van der Waals surface area contributed by atoms with Crippen molar-refractivity contribution in [1.82, 2.24) is 19.9 Å². The molecule has 3 fully saturated rings. The Bertz CT molecular complexity index is 1860. The number of benzene rings is 1. The minimum atomic E-state index is -5.09. The highest BCUT2D eigenvalue weighted by atomic mass is 19.4. The molecule has 1 aromatic carbocycles. The van der Waals surface area contributed by atoms with Crippen LogP contribution in [0, 0.1) is 18.6 Å². The molecule has 0 aliphatic carbocycles. The molecule has 10 nitrogen and oxygen atoms in total. The summed E-state index contributed by atoms with van der Waals surface area (Å²) in [4.78, 5) is 24.0. The van der Waals surface area contributed by atoms with E-state index in [4.69, 9.17) is 25.1 Å². The molecule has 286 valence electrons. The average molecular weight is 761 g/mol. The lowest BCUT2D eigenvalue weighted by Gasteiger charge is -2.34. The summed E-state index contributed by atoms with van der Waals surface area (Å²) < 4.78 is 162. The fraction of sp³-hybridized carbons (Fsp3) is 0.548. The Labute approximate surface area is 287 Å². The van der Waals surface area contributed by atoms with Crippen LogP contribution in [-0.4, -0.2) is 94.6 Å². The molecular formula is C31H31F11N6O4. The topological polar surface area (TPSA) is 127 Å². The maximum atomic E-state index is 16.5. The summed E-state index contributed by atoms with van der Waals surface area (Å²) in [6, 6.07) is 0.418. The van der Waals surface area contributed by atoms with Crippen molar-refractivity contribution in [3.05, 3.63) is 28.8 Å². The van der Waals surface area contributed by atoms with Gasteiger partial charge < -0.3 is 25.2 Å². The number of alkyl halides is 9. The normalized spacial score (nSPS) is 21.9. The van der Waals surface area contributed by atoms with Gasteiger partial charge in [-0.2, -0.15) is 36.3 Å². The number of pyridine rings is 1. The van der Waals surface area contributed by atoms with Gasteiger partial charge in [-0.15, -0.1) is 0 Å². The number of nitrogens with two attached hydrogens (primary N) is 1. The summed E-state index contributed by atoms with van der Waals surface area (Å²) in [6.45, 7) is 0.956. The van der Waals surface area contributed by atoms with Crippen LogP contribution in [0.2, 0.25) is 0 Å². The molecule has 5 heterocycles. The van der Waals surface area contributed by atoms with E-state index in [1.807, 2.05) is 4.90 Å². The van der Waals surface area contributed by atoms with Gasteiger partial charge in [-0.25, -0.2) is 31.7 Å². The van der Waals surface area contributed by atoms with Crippen LogP contribution in [0.3, 0.4) is 0 Å². The summed E-state index contributed by atoms with van der Waals surface area (Å²) in [7, 11) is 0.989. The van der Waals surface area contributed by atoms with Crippen molar-refractivity contribution in [3.63, 3.8) is 0 Å². The number of ether oxygens (including phenoxy) is 2. The number of methoxy groups -OCH3 is 1. The van der Waals surface area contributed by atoms with Crippen molar-refractivity contribution in [2.45, 2.75) is 69.0 Å². The summed E-state index contributed by atoms with van der Waals surface area (Å²) in [5.74, 6) is -10.6. The van der Waals surface area contributed by atoms with Crippen molar-refractivity contribution in [3.8, 4) is 23.0 Å². The molecule has 21 heteroatoms. The first kappa shape index (κ1) is 38.8. The van der Waals surface area contributed by atoms with E-state index < -0.39 is 111 Å². The number of aryl methyl sites for hydroxylation is 1. The van der Waals surface area contributed by atoms with Crippen LogP contribution in [0.1, 0.15) is 43.2 Å². The number of aromatic nitrogens is 3. The van der Waals surface area contributed by atoms with E-state index in [-0.39, 0.29) is 38.4 Å². The highest BCUT2D eigenvalue weighted by molar-refractivity contribution is 5.99. The van der Waals surface area contributed by atoms with E-state index in [1.54, 1.807) is 0 Å². The number of nitrogens with zero attached hydrogens (tertiary/aromatic N) is 5. The third-order valence-electron chi connectivity index (χ3n) is 9.07. The third-order valence-corrected chi connectivity index (χ3v) is 9.07. The van der Waals surface area contributed by atoms with E-state index >= 15 is 8.78 Å². The Morgan fingerprint density at radius 1 is 1.06 bits per heavy atom. The number of halogens is 11. The minimum Gasteiger partial charge on any atom is -0.493 e. The first-order valence-corrected chi connectivity index (χ1v) is 15.6. The molecule has 0 unspecified atom stereocenters. The zero-order valence-electron chi connectivity index (χ0n) is 27.4. The number of piperidine rings is 1. The molecule has 3 N–H and O–H groups in total. The lowest BCUT2D eigenvalue weighted by atomic mass is 9.95. The number of carboxylic acid groups (broad SMARTS) is 1. The average Bonchev–Trinajstić information content (AvgIpc) is 3.54. The molecule has 0 bridgehead atoms. The van der Waals surface area contributed by atoms with Gasteiger partial charge in [0.1, 0.15) is 29.9 Å². The SMILES string of the molecule is COc1c(F)c(-c2nc(N)cc(C)c2C(F)(F)F)c(F)c2nc(OC[C@@]34CCCN3C[C@H](F)C4)nc(N3CCCC(F)(F)C3)c12.O=C(O)C(F)(F)F. The summed E-state index contributed by atoms with van der Waals surface area (Å²) in [5, 5.41) is 6.65. The number of rotatable bonds is 6. The van der Waals surface area contributed by atoms with Gasteiger partial charge in [0, 0.05) is 25.9 Å². The Morgan fingerprint density at radius 2 is 1.71 bits per heavy atom. The first-order chi connectivity index (χ1) is 24.1. The summed E-state index contributed by atoms with van der Waals surface area (Å²) in [5.41, 5.74) is 0.0555. The van der Waals surface area contributed by atoms with Crippen molar-refractivity contribution >= 4 is 28.5 Å². The molecule has 2 atom stereocenters. The molecule has 0 saturated carbocycles. The van der Waals surface area contributed by atoms with Crippen LogP contribution in [0.5, 0.6) is 11.8 Å². The summed E-state index contributed by atoms with van der Waals surface area (Å²) >= 11 is 0.